The second kappa shape index (κ2) is 8.87. The number of ether oxygens (including phenoxy) is 1. The summed E-state index contributed by atoms with van der Waals surface area (Å²) in [5.41, 5.74) is 1.88. The molecule has 0 aliphatic carbocycles. The topological polar surface area (TPSA) is 58.6 Å². The van der Waals surface area contributed by atoms with Crippen molar-refractivity contribution in [3.8, 4) is 5.75 Å². The van der Waals surface area contributed by atoms with Crippen LogP contribution in [-0.2, 0) is 22.4 Å². The first-order chi connectivity index (χ1) is 12.0. The van der Waals surface area contributed by atoms with Crippen molar-refractivity contribution in [2.45, 2.75) is 18.9 Å². The lowest BCUT2D eigenvalue weighted by Crippen LogP contribution is -2.48. The van der Waals surface area contributed by atoms with E-state index in [4.69, 9.17) is 4.74 Å². The zero-order valence-corrected chi connectivity index (χ0v) is 14.9. The smallest absolute Gasteiger partial charge is 0.244 e. The fraction of sp³-hybridized carbons (Fsp3) is 0.300. The summed E-state index contributed by atoms with van der Waals surface area (Å²) in [5.74, 6) is 0.446. The van der Waals surface area contributed by atoms with E-state index in [9.17, 15) is 9.59 Å². The first kappa shape index (κ1) is 18.5. The van der Waals surface area contributed by atoms with Crippen molar-refractivity contribution in [3.05, 3.63) is 65.7 Å². The minimum Gasteiger partial charge on any atom is -0.497 e. The highest BCUT2D eigenvalue weighted by atomic mass is 16.5. The van der Waals surface area contributed by atoms with Gasteiger partial charge >= 0.3 is 0 Å². The Kier molecular flexibility index (Phi) is 6.57. The van der Waals surface area contributed by atoms with Crippen molar-refractivity contribution in [3.63, 3.8) is 0 Å². The summed E-state index contributed by atoms with van der Waals surface area (Å²) in [4.78, 5) is 26.3. The minimum atomic E-state index is -0.580. The van der Waals surface area contributed by atoms with E-state index in [-0.39, 0.29) is 18.2 Å². The second-order valence-electron chi connectivity index (χ2n) is 6.07. The Labute approximate surface area is 148 Å². The van der Waals surface area contributed by atoms with Gasteiger partial charge in [-0.3, -0.25) is 9.59 Å². The molecule has 0 unspecified atom stereocenters. The van der Waals surface area contributed by atoms with Gasteiger partial charge in [0.2, 0.25) is 11.8 Å². The van der Waals surface area contributed by atoms with Crippen LogP contribution >= 0.6 is 0 Å². The highest BCUT2D eigenvalue weighted by Crippen LogP contribution is 2.12. The van der Waals surface area contributed by atoms with Crippen molar-refractivity contribution in [1.29, 1.82) is 0 Å². The Morgan fingerprint density at radius 2 is 1.64 bits per heavy atom. The zero-order valence-electron chi connectivity index (χ0n) is 14.9. The predicted octanol–water partition coefficient (Wildman–Crippen LogP) is 2.05. The van der Waals surface area contributed by atoms with Gasteiger partial charge in [0.05, 0.1) is 13.5 Å². The molecule has 0 aromatic heterocycles. The van der Waals surface area contributed by atoms with Crippen molar-refractivity contribution >= 4 is 11.8 Å². The van der Waals surface area contributed by atoms with Crippen LogP contribution in [0.5, 0.6) is 5.75 Å². The van der Waals surface area contributed by atoms with Gasteiger partial charge in [0, 0.05) is 20.5 Å². The number of nitrogens with one attached hydrogen (secondary N) is 1. The number of carbonyl (C=O) groups is 2. The SMILES string of the molecule is COc1ccc(CC(=O)N[C@@H](Cc2ccccc2)C(=O)N(C)C)cc1. The fourth-order valence-corrected chi connectivity index (χ4v) is 2.54. The van der Waals surface area contributed by atoms with Crippen molar-refractivity contribution in [2.24, 2.45) is 0 Å². The molecule has 2 rings (SSSR count). The zero-order chi connectivity index (χ0) is 18.2. The van der Waals surface area contributed by atoms with Gasteiger partial charge in [-0.1, -0.05) is 42.5 Å². The van der Waals surface area contributed by atoms with Crippen molar-refractivity contribution in [2.75, 3.05) is 21.2 Å². The molecule has 0 heterocycles. The van der Waals surface area contributed by atoms with Crippen LogP contribution in [0.3, 0.4) is 0 Å². The van der Waals surface area contributed by atoms with Gasteiger partial charge < -0.3 is 15.0 Å². The predicted molar refractivity (Wildman–Crippen MR) is 97.5 cm³/mol. The van der Waals surface area contributed by atoms with Crippen LogP contribution in [0.15, 0.2) is 54.6 Å². The molecule has 2 aromatic rings. The summed E-state index contributed by atoms with van der Waals surface area (Å²) < 4.78 is 5.11. The molecule has 25 heavy (non-hydrogen) atoms. The van der Waals surface area contributed by atoms with Gasteiger partial charge in [0.15, 0.2) is 0 Å². The van der Waals surface area contributed by atoms with Crippen molar-refractivity contribution < 1.29 is 14.3 Å². The van der Waals surface area contributed by atoms with Crippen LogP contribution < -0.4 is 10.1 Å². The van der Waals surface area contributed by atoms with E-state index in [0.717, 1.165) is 16.9 Å². The van der Waals surface area contributed by atoms with Gasteiger partial charge in [-0.15, -0.1) is 0 Å². The van der Waals surface area contributed by atoms with E-state index in [1.165, 1.54) is 4.90 Å². The summed E-state index contributed by atoms with van der Waals surface area (Å²) in [6.45, 7) is 0. The summed E-state index contributed by atoms with van der Waals surface area (Å²) in [7, 11) is 4.98. The number of amides is 2. The summed E-state index contributed by atoms with van der Waals surface area (Å²) in [6, 6.07) is 16.4. The number of methoxy groups -OCH3 is 1. The number of likely N-dealkylation sites (N-methyl/N-ethyl adjacent to an activating group) is 1. The molecule has 0 aliphatic heterocycles. The third kappa shape index (κ3) is 5.64. The van der Waals surface area contributed by atoms with Crippen LogP contribution in [0.2, 0.25) is 0 Å². The standard InChI is InChI=1S/C20H24N2O3/c1-22(2)20(24)18(13-15-7-5-4-6-8-15)21-19(23)14-16-9-11-17(25-3)12-10-16/h4-12,18H,13-14H2,1-3H3,(H,21,23)/t18-/m0/s1. The first-order valence-corrected chi connectivity index (χ1v) is 8.17. The molecular weight excluding hydrogens is 316 g/mol. The van der Waals surface area contributed by atoms with Gasteiger partial charge in [-0.05, 0) is 23.3 Å². The monoisotopic (exact) mass is 340 g/mol. The quantitative estimate of drug-likeness (QED) is 0.839. The Morgan fingerprint density at radius 3 is 2.20 bits per heavy atom. The minimum absolute atomic E-state index is 0.119. The Balaban J connectivity index is 2.04. The van der Waals surface area contributed by atoms with E-state index in [2.05, 4.69) is 5.32 Å². The van der Waals surface area contributed by atoms with Gasteiger partial charge in [0.25, 0.3) is 0 Å². The average molecular weight is 340 g/mol. The van der Waals surface area contributed by atoms with Crippen molar-refractivity contribution in [1.82, 2.24) is 10.2 Å². The third-order valence-electron chi connectivity index (χ3n) is 3.88. The largest absolute Gasteiger partial charge is 0.497 e. The first-order valence-electron chi connectivity index (χ1n) is 8.17. The normalized spacial score (nSPS) is 11.5. The number of benzene rings is 2. The maximum absolute atomic E-state index is 12.4. The molecule has 0 aliphatic rings. The van der Waals surface area contributed by atoms with Gasteiger partial charge in [-0.2, -0.15) is 0 Å². The Hall–Kier alpha value is -2.82. The van der Waals surface area contributed by atoms with E-state index >= 15 is 0 Å². The van der Waals surface area contributed by atoms with Gasteiger partial charge in [0.1, 0.15) is 11.8 Å². The van der Waals surface area contributed by atoms with Crippen LogP contribution in [-0.4, -0.2) is 44.0 Å². The molecule has 0 saturated carbocycles. The third-order valence-corrected chi connectivity index (χ3v) is 3.88. The number of hydrogen-bond acceptors (Lipinski definition) is 3. The average Bonchev–Trinajstić information content (AvgIpc) is 2.62. The molecule has 1 atom stereocenters. The molecule has 5 nitrogen and oxygen atoms in total. The molecule has 1 N–H and O–H groups in total. The maximum Gasteiger partial charge on any atom is 0.244 e. The number of carbonyl (C=O) groups excluding carboxylic acids is 2. The Bertz CT molecular complexity index is 697. The van der Waals surface area contributed by atoms with E-state index in [0.29, 0.717) is 6.42 Å². The number of rotatable bonds is 7. The lowest BCUT2D eigenvalue weighted by atomic mass is 10.0. The van der Waals surface area contributed by atoms with E-state index in [1.807, 2.05) is 54.6 Å². The van der Waals surface area contributed by atoms with Gasteiger partial charge in [-0.25, -0.2) is 0 Å². The molecule has 0 radical (unpaired) electrons. The highest BCUT2D eigenvalue weighted by molar-refractivity contribution is 5.88. The van der Waals surface area contributed by atoms with Crippen LogP contribution in [0.1, 0.15) is 11.1 Å². The molecule has 2 aromatic carbocycles. The number of hydrogen-bond donors (Lipinski definition) is 1. The molecule has 132 valence electrons. The summed E-state index contributed by atoms with van der Waals surface area (Å²) in [6.07, 6.45) is 0.683. The molecular formula is C20H24N2O3. The molecule has 0 saturated heterocycles. The van der Waals surface area contributed by atoms with Crippen LogP contribution in [0, 0.1) is 0 Å². The lowest BCUT2D eigenvalue weighted by Gasteiger charge is -2.22. The highest BCUT2D eigenvalue weighted by Gasteiger charge is 2.22. The van der Waals surface area contributed by atoms with Crippen LogP contribution in [0.4, 0.5) is 0 Å². The fourth-order valence-electron chi connectivity index (χ4n) is 2.54. The van der Waals surface area contributed by atoms with Crippen LogP contribution in [0.25, 0.3) is 0 Å². The lowest BCUT2D eigenvalue weighted by molar-refractivity contribution is -0.134. The molecule has 2 amide bonds. The molecule has 0 bridgehead atoms. The molecule has 0 spiro atoms. The van der Waals surface area contributed by atoms with E-state index in [1.54, 1.807) is 21.2 Å². The summed E-state index contributed by atoms with van der Waals surface area (Å²) >= 11 is 0. The maximum atomic E-state index is 12.4. The Morgan fingerprint density at radius 1 is 1.00 bits per heavy atom. The number of nitrogens with zero attached hydrogens (tertiary/aromatic N) is 1. The van der Waals surface area contributed by atoms with E-state index < -0.39 is 6.04 Å². The second-order valence-corrected chi connectivity index (χ2v) is 6.07. The summed E-state index contributed by atoms with van der Waals surface area (Å²) in [5, 5.41) is 2.86. The molecule has 5 heteroatoms. The molecule has 0 fully saturated rings.